The molecule has 0 saturated heterocycles. The Kier molecular flexibility index (Phi) is 4.26. The number of amides is 1. The van der Waals surface area contributed by atoms with Crippen molar-refractivity contribution in [2.45, 2.75) is 6.54 Å². The number of benzene rings is 1. The minimum atomic E-state index is -0.919. The summed E-state index contributed by atoms with van der Waals surface area (Å²) >= 11 is 1.41. The normalized spacial score (nSPS) is 10.4. The van der Waals surface area contributed by atoms with Gasteiger partial charge in [-0.15, -0.1) is 11.3 Å². The number of rotatable bonds is 4. The molecule has 3 N–H and O–H groups in total. The van der Waals surface area contributed by atoms with Crippen LogP contribution in [0.4, 0.5) is 14.5 Å². The molecule has 0 aliphatic heterocycles. The van der Waals surface area contributed by atoms with E-state index < -0.39 is 23.2 Å². The van der Waals surface area contributed by atoms with E-state index in [4.69, 9.17) is 5.84 Å². The van der Waals surface area contributed by atoms with Crippen LogP contribution in [0.2, 0.25) is 0 Å². The van der Waals surface area contributed by atoms with Gasteiger partial charge in [-0.2, -0.15) is 0 Å². The number of carbonyl (C=O) groups excluding carboxylic acids is 1. The molecule has 0 unspecified atom stereocenters. The van der Waals surface area contributed by atoms with Gasteiger partial charge in [-0.05, 0) is 12.1 Å². The van der Waals surface area contributed by atoms with Crippen LogP contribution in [0.15, 0.2) is 23.0 Å². The van der Waals surface area contributed by atoms with Gasteiger partial charge in [0, 0.05) is 18.0 Å². The molecule has 0 fully saturated rings. The van der Waals surface area contributed by atoms with Crippen molar-refractivity contribution in [1.29, 1.82) is 0 Å². The van der Waals surface area contributed by atoms with Crippen LogP contribution in [0, 0.1) is 11.6 Å². The molecule has 0 radical (unpaired) electrons. The zero-order valence-corrected chi connectivity index (χ0v) is 11.4. The zero-order chi connectivity index (χ0) is 14.7. The Hall–Kier alpha value is -2.06. The maximum atomic E-state index is 13.5. The molecule has 8 heteroatoms. The number of aromatic nitrogens is 1. The summed E-state index contributed by atoms with van der Waals surface area (Å²) in [6.07, 6.45) is 0. The Morgan fingerprint density at radius 2 is 2.10 bits per heavy atom. The van der Waals surface area contributed by atoms with Gasteiger partial charge in [-0.3, -0.25) is 10.6 Å². The van der Waals surface area contributed by atoms with Crippen LogP contribution in [0.1, 0.15) is 16.1 Å². The summed E-state index contributed by atoms with van der Waals surface area (Å²) in [7, 11) is 1.53. The molecule has 5 nitrogen and oxygen atoms in total. The van der Waals surface area contributed by atoms with Gasteiger partial charge in [0.05, 0.1) is 17.7 Å². The number of thiazole rings is 1. The molecular formula is C12H12F2N4OS. The van der Waals surface area contributed by atoms with Crippen molar-refractivity contribution in [2.75, 3.05) is 12.5 Å². The van der Waals surface area contributed by atoms with E-state index >= 15 is 0 Å². The maximum absolute atomic E-state index is 13.5. The van der Waals surface area contributed by atoms with Crippen LogP contribution in [-0.2, 0) is 6.54 Å². The second kappa shape index (κ2) is 5.93. The number of anilines is 1. The molecule has 1 heterocycles. The monoisotopic (exact) mass is 298 g/mol. The summed E-state index contributed by atoms with van der Waals surface area (Å²) < 4.78 is 27.1. The highest BCUT2D eigenvalue weighted by atomic mass is 32.1. The number of carbonyl (C=O) groups is 1. The first-order chi connectivity index (χ1) is 9.52. The van der Waals surface area contributed by atoms with Crippen molar-refractivity contribution in [2.24, 2.45) is 5.84 Å². The predicted octanol–water partition coefficient (Wildman–Crippen LogP) is 1.98. The van der Waals surface area contributed by atoms with E-state index in [-0.39, 0.29) is 12.1 Å². The minimum Gasteiger partial charge on any atom is -0.336 e. The van der Waals surface area contributed by atoms with Gasteiger partial charge in [0.15, 0.2) is 11.6 Å². The minimum absolute atomic E-state index is 0.0864. The molecule has 0 aliphatic rings. The number of nitrogens with one attached hydrogen (secondary N) is 1. The third kappa shape index (κ3) is 2.91. The average molecular weight is 298 g/mol. The van der Waals surface area contributed by atoms with Crippen molar-refractivity contribution >= 4 is 22.9 Å². The highest BCUT2D eigenvalue weighted by Gasteiger charge is 2.18. The summed E-state index contributed by atoms with van der Waals surface area (Å²) in [4.78, 5) is 17.5. The lowest BCUT2D eigenvalue weighted by Gasteiger charge is -2.16. The summed E-state index contributed by atoms with van der Waals surface area (Å²) in [6, 6.07) is 1.89. The lowest BCUT2D eigenvalue weighted by atomic mass is 10.1. The van der Waals surface area contributed by atoms with Crippen LogP contribution in [-0.4, -0.2) is 22.8 Å². The highest BCUT2D eigenvalue weighted by molar-refractivity contribution is 7.07. The molecular weight excluding hydrogens is 286 g/mol. The molecule has 0 aliphatic carbocycles. The molecule has 0 atom stereocenters. The lowest BCUT2D eigenvalue weighted by Crippen LogP contribution is -2.26. The Balaban J connectivity index is 2.20. The average Bonchev–Trinajstić information content (AvgIpc) is 2.90. The quantitative estimate of drug-likeness (QED) is 0.669. The van der Waals surface area contributed by atoms with Gasteiger partial charge >= 0.3 is 0 Å². The zero-order valence-electron chi connectivity index (χ0n) is 10.6. The van der Waals surface area contributed by atoms with E-state index in [1.165, 1.54) is 23.3 Å². The first-order valence-corrected chi connectivity index (χ1v) is 6.55. The third-order valence-electron chi connectivity index (χ3n) is 2.66. The number of halogens is 2. The largest absolute Gasteiger partial charge is 0.336 e. The SMILES string of the molecule is CN(Cc1cscn1)C(=O)c1cc(F)c(NN)c(F)c1. The fourth-order valence-electron chi connectivity index (χ4n) is 1.69. The fraction of sp³-hybridized carbons (Fsp3) is 0.167. The number of hydrogen-bond donors (Lipinski definition) is 2. The van der Waals surface area contributed by atoms with Gasteiger partial charge in [0.1, 0.15) is 5.69 Å². The van der Waals surface area contributed by atoms with E-state index in [1.54, 1.807) is 10.9 Å². The second-order valence-corrected chi connectivity index (χ2v) is 4.82. The number of hydrogen-bond acceptors (Lipinski definition) is 5. The predicted molar refractivity (Wildman–Crippen MR) is 72.1 cm³/mol. The molecule has 0 spiro atoms. The first kappa shape index (κ1) is 14.4. The number of hydrazine groups is 1. The van der Waals surface area contributed by atoms with Crippen molar-refractivity contribution in [3.63, 3.8) is 0 Å². The maximum Gasteiger partial charge on any atom is 0.254 e. The molecule has 1 amide bonds. The Morgan fingerprint density at radius 1 is 1.45 bits per heavy atom. The van der Waals surface area contributed by atoms with E-state index in [0.717, 1.165) is 12.1 Å². The Morgan fingerprint density at radius 3 is 2.60 bits per heavy atom. The van der Waals surface area contributed by atoms with E-state index in [2.05, 4.69) is 4.98 Å². The Labute approximate surface area is 118 Å². The van der Waals surface area contributed by atoms with Gasteiger partial charge in [0.25, 0.3) is 5.91 Å². The third-order valence-corrected chi connectivity index (χ3v) is 3.30. The van der Waals surface area contributed by atoms with Crippen LogP contribution in [0.5, 0.6) is 0 Å². The molecule has 0 bridgehead atoms. The second-order valence-electron chi connectivity index (χ2n) is 4.10. The van der Waals surface area contributed by atoms with Crippen molar-refractivity contribution in [3.05, 3.63) is 45.9 Å². The smallest absolute Gasteiger partial charge is 0.254 e. The van der Waals surface area contributed by atoms with Gasteiger partial charge in [0.2, 0.25) is 0 Å². The summed E-state index contributed by atoms with van der Waals surface area (Å²) in [5, 5.41) is 1.80. The molecule has 0 saturated carbocycles. The van der Waals surface area contributed by atoms with Crippen LogP contribution < -0.4 is 11.3 Å². The first-order valence-electron chi connectivity index (χ1n) is 5.61. The van der Waals surface area contributed by atoms with Crippen LogP contribution >= 0.6 is 11.3 Å². The number of nitrogens with two attached hydrogens (primary N) is 1. The van der Waals surface area contributed by atoms with E-state index in [0.29, 0.717) is 5.69 Å². The molecule has 20 heavy (non-hydrogen) atoms. The summed E-state index contributed by atoms with van der Waals surface area (Å²) in [5.74, 6) is 2.66. The van der Waals surface area contributed by atoms with Crippen molar-refractivity contribution in [3.8, 4) is 0 Å². The van der Waals surface area contributed by atoms with Gasteiger partial charge < -0.3 is 10.3 Å². The van der Waals surface area contributed by atoms with Gasteiger partial charge in [-0.25, -0.2) is 13.8 Å². The summed E-state index contributed by atoms with van der Waals surface area (Å²) in [5.41, 5.74) is 3.72. The number of nitrogen functional groups attached to an aromatic ring is 1. The van der Waals surface area contributed by atoms with E-state index in [9.17, 15) is 13.6 Å². The lowest BCUT2D eigenvalue weighted by molar-refractivity contribution is 0.0782. The molecule has 106 valence electrons. The highest BCUT2D eigenvalue weighted by Crippen LogP contribution is 2.20. The number of nitrogens with zero attached hydrogens (tertiary/aromatic N) is 2. The molecule has 2 rings (SSSR count). The molecule has 2 aromatic rings. The van der Waals surface area contributed by atoms with Crippen LogP contribution in [0.25, 0.3) is 0 Å². The standard InChI is InChI=1S/C12H12F2N4OS/c1-18(4-8-5-20-6-16-8)12(19)7-2-9(13)11(17-15)10(14)3-7/h2-3,5-6,17H,4,15H2,1H3. The van der Waals surface area contributed by atoms with Crippen molar-refractivity contribution < 1.29 is 13.6 Å². The van der Waals surface area contributed by atoms with Crippen molar-refractivity contribution in [1.82, 2.24) is 9.88 Å². The fourth-order valence-corrected chi connectivity index (χ4v) is 2.23. The van der Waals surface area contributed by atoms with Crippen LogP contribution in [0.3, 0.4) is 0 Å². The topological polar surface area (TPSA) is 71.2 Å². The Bertz CT molecular complexity index is 595. The molecule has 1 aromatic heterocycles. The van der Waals surface area contributed by atoms with Gasteiger partial charge in [-0.1, -0.05) is 0 Å². The summed E-state index contributed by atoms with van der Waals surface area (Å²) in [6.45, 7) is 0.266. The van der Waals surface area contributed by atoms with E-state index in [1.807, 2.05) is 5.43 Å². The molecule has 1 aromatic carbocycles.